The van der Waals surface area contributed by atoms with Crippen LogP contribution in [0.5, 0.6) is 5.75 Å². The maximum Gasteiger partial charge on any atom is 0.256 e. The van der Waals surface area contributed by atoms with E-state index in [1.54, 1.807) is 12.0 Å². The lowest BCUT2D eigenvalue weighted by Crippen LogP contribution is -2.44. The molecule has 0 aliphatic carbocycles. The number of methoxy groups -OCH3 is 1. The van der Waals surface area contributed by atoms with Crippen LogP contribution in [-0.2, 0) is 11.2 Å². The fourth-order valence-electron chi connectivity index (χ4n) is 5.14. The Hall–Kier alpha value is -3.64. The van der Waals surface area contributed by atoms with Crippen LogP contribution in [0.25, 0.3) is 10.9 Å². The molecule has 1 saturated heterocycles. The highest BCUT2D eigenvalue weighted by atomic mass is 32.1. The Balaban J connectivity index is 1.53. The zero-order chi connectivity index (χ0) is 22.7. The molecule has 2 aliphatic heterocycles. The minimum Gasteiger partial charge on any atom is -0.497 e. The van der Waals surface area contributed by atoms with Crippen LogP contribution in [0.4, 0.5) is 5.69 Å². The molecule has 2 aliphatic rings. The van der Waals surface area contributed by atoms with E-state index >= 15 is 0 Å². The van der Waals surface area contributed by atoms with Crippen LogP contribution in [-0.4, -0.2) is 34.1 Å². The number of aromatic nitrogens is 1. The Bertz CT molecular complexity index is 1390. The number of carbonyl (C=O) groups excluding carboxylic acids is 1. The van der Waals surface area contributed by atoms with Gasteiger partial charge in [0, 0.05) is 23.0 Å². The molecule has 5 nitrogen and oxygen atoms in total. The number of fused-ring (bicyclic) bond motifs is 4. The smallest absolute Gasteiger partial charge is 0.256 e. The van der Waals surface area contributed by atoms with E-state index in [9.17, 15) is 4.79 Å². The summed E-state index contributed by atoms with van der Waals surface area (Å²) in [7, 11) is 1.66. The van der Waals surface area contributed by atoms with Gasteiger partial charge in [-0.15, -0.1) is 0 Å². The molecule has 1 aromatic heterocycles. The molecular formula is C27H23N3O2S. The van der Waals surface area contributed by atoms with Crippen molar-refractivity contribution in [3.8, 4) is 5.75 Å². The van der Waals surface area contributed by atoms with Gasteiger partial charge >= 0.3 is 0 Å². The molecule has 0 radical (unpaired) electrons. The lowest BCUT2D eigenvalue weighted by Gasteiger charge is -2.37. The first-order valence-electron chi connectivity index (χ1n) is 11.0. The van der Waals surface area contributed by atoms with Crippen molar-refractivity contribution < 1.29 is 9.53 Å². The molecule has 1 N–H and O–H groups in total. The predicted octanol–water partition coefficient (Wildman–Crippen LogP) is 5.13. The molecule has 2 atom stereocenters. The number of hydrogen-bond acceptors (Lipinski definition) is 3. The van der Waals surface area contributed by atoms with Crippen molar-refractivity contribution in [3.05, 3.63) is 95.2 Å². The summed E-state index contributed by atoms with van der Waals surface area (Å²) >= 11 is 5.96. The topological polar surface area (TPSA) is 48.6 Å². The van der Waals surface area contributed by atoms with Crippen molar-refractivity contribution in [2.45, 2.75) is 25.4 Å². The van der Waals surface area contributed by atoms with E-state index in [1.165, 1.54) is 5.56 Å². The van der Waals surface area contributed by atoms with Gasteiger partial charge in [0.25, 0.3) is 5.91 Å². The summed E-state index contributed by atoms with van der Waals surface area (Å²) in [6.45, 7) is 2.04. The third-order valence-corrected chi connectivity index (χ3v) is 7.17. The molecule has 0 bridgehead atoms. The van der Waals surface area contributed by atoms with Gasteiger partial charge in [0.05, 0.1) is 18.8 Å². The normalized spacial score (nSPS) is 19.7. The van der Waals surface area contributed by atoms with Gasteiger partial charge in [0.2, 0.25) is 0 Å². The second kappa shape index (κ2) is 7.46. The fraction of sp³-hybridized carbons (Fsp3) is 0.185. The van der Waals surface area contributed by atoms with Crippen LogP contribution >= 0.6 is 12.2 Å². The third kappa shape index (κ3) is 2.98. The van der Waals surface area contributed by atoms with E-state index in [-0.39, 0.29) is 18.0 Å². The molecular weight excluding hydrogens is 430 g/mol. The Morgan fingerprint density at radius 1 is 1.00 bits per heavy atom. The van der Waals surface area contributed by atoms with E-state index in [1.807, 2.05) is 55.5 Å². The second-order valence-corrected chi connectivity index (χ2v) is 9.02. The number of amides is 1. The molecule has 4 aromatic rings. The summed E-state index contributed by atoms with van der Waals surface area (Å²) < 4.78 is 5.37. The number of rotatable bonds is 3. The molecule has 1 fully saturated rings. The van der Waals surface area contributed by atoms with Gasteiger partial charge in [-0.25, -0.2) is 0 Å². The van der Waals surface area contributed by atoms with Crippen molar-refractivity contribution in [2.24, 2.45) is 0 Å². The standard InChI is InChI=1S/C27H23N3O2S/c1-16-7-11-18(12-8-16)29-26(31)23-15-21-20-5-3-4-6-22(20)28-24(21)25(30(23)27(29)33)17-9-13-19(32-2)14-10-17/h3-14,23,25,28H,15H2,1-2H3/t23-,25-/m1/s1. The fourth-order valence-corrected chi connectivity index (χ4v) is 5.57. The Morgan fingerprint density at radius 3 is 2.45 bits per heavy atom. The average molecular weight is 454 g/mol. The van der Waals surface area contributed by atoms with Crippen molar-refractivity contribution in [2.75, 3.05) is 12.0 Å². The molecule has 33 heavy (non-hydrogen) atoms. The number of nitrogens with zero attached hydrogens (tertiary/aromatic N) is 2. The van der Waals surface area contributed by atoms with Crippen LogP contribution in [0.15, 0.2) is 72.8 Å². The van der Waals surface area contributed by atoms with Gasteiger partial charge in [-0.2, -0.15) is 0 Å². The summed E-state index contributed by atoms with van der Waals surface area (Å²) in [6, 6.07) is 23.7. The van der Waals surface area contributed by atoms with Gasteiger partial charge in [-0.1, -0.05) is 48.0 Å². The molecule has 3 heterocycles. The van der Waals surface area contributed by atoms with Crippen LogP contribution in [0.2, 0.25) is 0 Å². The van der Waals surface area contributed by atoms with E-state index < -0.39 is 0 Å². The van der Waals surface area contributed by atoms with Crippen LogP contribution in [0.3, 0.4) is 0 Å². The summed E-state index contributed by atoms with van der Waals surface area (Å²) in [4.78, 5) is 21.2. The molecule has 0 spiro atoms. The van der Waals surface area contributed by atoms with Crippen LogP contribution < -0.4 is 9.64 Å². The number of benzene rings is 3. The van der Waals surface area contributed by atoms with Crippen LogP contribution in [0.1, 0.15) is 28.4 Å². The quantitative estimate of drug-likeness (QED) is 0.437. The van der Waals surface area contributed by atoms with Gasteiger partial charge in [-0.3, -0.25) is 9.69 Å². The number of anilines is 1. The third-order valence-electron chi connectivity index (χ3n) is 6.77. The molecule has 164 valence electrons. The zero-order valence-electron chi connectivity index (χ0n) is 18.4. The number of thiocarbonyl (C=S) groups is 1. The van der Waals surface area contributed by atoms with Crippen molar-refractivity contribution in [1.29, 1.82) is 0 Å². The number of aryl methyl sites for hydroxylation is 1. The Morgan fingerprint density at radius 2 is 1.73 bits per heavy atom. The average Bonchev–Trinajstić information content (AvgIpc) is 3.33. The number of nitrogens with one attached hydrogen (secondary N) is 1. The molecule has 1 amide bonds. The largest absolute Gasteiger partial charge is 0.497 e. The lowest BCUT2D eigenvalue weighted by molar-refractivity contribution is -0.120. The molecule has 0 saturated carbocycles. The Labute approximate surface area is 197 Å². The predicted molar refractivity (Wildman–Crippen MR) is 134 cm³/mol. The van der Waals surface area contributed by atoms with Gasteiger partial charge in [-0.05, 0) is 60.6 Å². The van der Waals surface area contributed by atoms with Gasteiger partial charge < -0.3 is 14.6 Å². The number of aromatic amines is 1. The monoisotopic (exact) mass is 453 g/mol. The first-order chi connectivity index (χ1) is 16.1. The number of carbonyl (C=O) groups is 1. The highest BCUT2D eigenvalue weighted by Crippen LogP contribution is 2.45. The zero-order valence-corrected chi connectivity index (χ0v) is 19.2. The summed E-state index contributed by atoms with van der Waals surface area (Å²) in [5, 5.41) is 1.71. The van der Waals surface area contributed by atoms with E-state index in [4.69, 9.17) is 17.0 Å². The van der Waals surface area contributed by atoms with Crippen molar-refractivity contribution in [1.82, 2.24) is 9.88 Å². The molecule has 0 unspecified atom stereocenters. The van der Waals surface area contributed by atoms with E-state index in [2.05, 4.69) is 34.1 Å². The molecule has 6 rings (SSSR count). The van der Waals surface area contributed by atoms with Gasteiger partial charge in [0.15, 0.2) is 5.11 Å². The highest BCUT2D eigenvalue weighted by Gasteiger charge is 2.50. The lowest BCUT2D eigenvalue weighted by atomic mass is 9.89. The minimum absolute atomic E-state index is 0.0262. The molecule has 3 aromatic carbocycles. The number of para-hydroxylation sites is 1. The minimum atomic E-state index is -0.349. The highest BCUT2D eigenvalue weighted by molar-refractivity contribution is 7.80. The van der Waals surface area contributed by atoms with Gasteiger partial charge in [0.1, 0.15) is 11.8 Å². The summed E-state index contributed by atoms with van der Waals surface area (Å²) in [6.07, 6.45) is 0.618. The number of hydrogen-bond donors (Lipinski definition) is 1. The first-order valence-corrected chi connectivity index (χ1v) is 11.4. The maximum absolute atomic E-state index is 13.7. The van der Waals surface area contributed by atoms with E-state index in [0.717, 1.165) is 39.2 Å². The molecule has 6 heteroatoms. The number of ether oxygens (including phenoxy) is 1. The Kier molecular flexibility index (Phi) is 4.52. The first kappa shape index (κ1) is 20.0. The summed E-state index contributed by atoms with van der Waals surface area (Å²) in [5.74, 6) is 0.822. The van der Waals surface area contributed by atoms with Crippen LogP contribution in [0, 0.1) is 6.92 Å². The van der Waals surface area contributed by atoms with Crippen molar-refractivity contribution in [3.63, 3.8) is 0 Å². The maximum atomic E-state index is 13.7. The number of H-pyrrole nitrogens is 1. The summed E-state index contributed by atoms with van der Waals surface area (Å²) in [5.41, 5.74) is 6.39. The SMILES string of the molecule is COc1ccc([C@@H]2c3[nH]c4ccccc4c3C[C@@H]3C(=O)N(c4ccc(C)cc4)C(=S)N23)cc1. The van der Waals surface area contributed by atoms with E-state index in [0.29, 0.717) is 11.5 Å². The van der Waals surface area contributed by atoms with Crippen molar-refractivity contribution >= 4 is 39.8 Å². The second-order valence-electron chi connectivity index (χ2n) is 8.66.